The van der Waals surface area contributed by atoms with Crippen LogP contribution >= 0.6 is 0 Å². The number of aryl methyl sites for hydroxylation is 2. The highest BCUT2D eigenvalue weighted by molar-refractivity contribution is 5.95. The number of nitrogen functional groups attached to an aromatic ring is 1. The second-order valence-corrected chi connectivity index (χ2v) is 3.93. The average Bonchev–Trinajstić information content (AvgIpc) is 2.95. The number of nitrogens with one attached hydrogen (secondary N) is 1. The van der Waals surface area contributed by atoms with Gasteiger partial charge in [-0.1, -0.05) is 10.4 Å². The summed E-state index contributed by atoms with van der Waals surface area (Å²) in [6.07, 6.45) is 1.30. The Morgan fingerprint density at radius 3 is 2.38 bits per heavy atom. The number of aromatic amines is 1. The van der Waals surface area contributed by atoms with Crippen LogP contribution in [0.1, 0.15) is 10.5 Å². The lowest BCUT2D eigenvalue weighted by atomic mass is 10.4. The highest BCUT2D eigenvalue weighted by Gasteiger charge is 2.11. The number of anilines is 1. The Kier molecular flexibility index (Phi) is 3.60. The molecule has 21 heavy (non-hydrogen) atoms. The first-order valence-corrected chi connectivity index (χ1v) is 5.59. The molecule has 0 saturated heterocycles. The number of carbonyl (C=O) groups excluding carboxylic acids is 1. The van der Waals surface area contributed by atoms with Crippen LogP contribution in [0.5, 0.6) is 0 Å². The lowest BCUT2D eigenvalue weighted by Crippen LogP contribution is -2.17. The molecule has 12 nitrogen and oxygen atoms in total. The average molecular weight is 292 g/mol. The first kappa shape index (κ1) is 14.1. The molecule has 0 bridgehead atoms. The Bertz CT molecular complexity index is 824. The van der Waals surface area contributed by atoms with E-state index in [9.17, 15) is 9.59 Å². The molecule has 0 atom stereocenters. The molecule has 0 aliphatic carbocycles. The van der Waals surface area contributed by atoms with Gasteiger partial charge in [0.1, 0.15) is 0 Å². The molecule has 0 fully saturated rings. The summed E-state index contributed by atoms with van der Waals surface area (Å²) in [5.41, 5.74) is 10.9. The third-order valence-corrected chi connectivity index (χ3v) is 2.49. The molecule has 0 aliphatic heterocycles. The number of nitrogens with zero attached hydrogens (tertiary/aromatic N) is 7. The zero-order chi connectivity index (χ0) is 15.6. The van der Waals surface area contributed by atoms with Gasteiger partial charge in [0, 0.05) is 14.1 Å². The summed E-state index contributed by atoms with van der Waals surface area (Å²) in [5.74, 6) is -0.556. The van der Waals surface area contributed by atoms with Crippen molar-refractivity contribution in [1.29, 1.82) is 0 Å². The van der Waals surface area contributed by atoms with E-state index in [1.807, 2.05) is 0 Å². The van der Waals surface area contributed by atoms with E-state index in [-0.39, 0.29) is 17.1 Å². The summed E-state index contributed by atoms with van der Waals surface area (Å²) in [5, 5.41) is 14.2. The van der Waals surface area contributed by atoms with Gasteiger partial charge in [0.05, 0.1) is 6.33 Å². The van der Waals surface area contributed by atoms with E-state index >= 15 is 0 Å². The number of aromatic nitrogens is 8. The fraction of sp³-hybridized carbons (Fsp3) is 0.222. The highest BCUT2D eigenvalue weighted by atomic mass is 16.1. The molecule has 3 rings (SSSR count). The largest absolute Gasteiger partial charge is 0.380 e. The number of hydrogen-bond donors (Lipinski definition) is 3. The molecule has 3 aromatic rings. The van der Waals surface area contributed by atoms with Gasteiger partial charge >= 0.3 is 0 Å². The second-order valence-electron chi connectivity index (χ2n) is 3.93. The summed E-state index contributed by atoms with van der Waals surface area (Å²) in [6, 6.07) is 0. The van der Waals surface area contributed by atoms with Crippen molar-refractivity contribution in [2.45, 2.75) is 0 Å². The van der Waals surface area contributed by atoms with Crippen molar-refractivity contribution in [2.75, 3.05) is 5.73 Å². The topological polar surface area (TPSA) is 176 Å². The maximum Gasteiger partial charge on any atom is 0.278 e. The van der Waals surface area contributed by atoms with Gasteiger partial charge in [-0.25, -0.2) is 14.3 Å². The van der Waals surface area contributed by atoms with Crippen LogP contribution in [0, 0.1) is 0 Å². The molecule has 3 aromatic heterocycles. The number of rotatable bonds is 1. The van der Waals surface area contributed by atoms with Crippen LogP contribution in [-0.4, -0.2) is 45.9 Å². The molecule has 12 heteroatoms. The Morgan fingerprint density at radius 1 is 1.24 bits per heavy atom. The number of primary amides is 1. The molecular formula is C9H12N10O2. The lowest BCUT2D eigenvalue weighted by molar-refractivity contribution is 0.0992. The SMILES string of the molecule is Cn1nnc(N)c1C(N)=O.Cn1nnc2nc[nH]c(=O)c21. The van der Waals surface area contributed by atoms with E-state index in [1.165, 1.54) is 15.7 Å². The third kappa shape index (κ3) is 2.68. The molecule has 110 valence electrons. The van der Waals surface area contributed by atoms with Crippen molar-refractivity contribution in [1.82, 2.24) is 40.0 Å². The molecule has 1 amide bonds. The first-order chi connectivity index (χ1) is 9.91. The van der Waals surface area contributed by atoms with Gasteiger partial charge in [-0.2, -0.15) is 0 Å². The van der Waals surface area contributed by atoms with Crippen LogP contribution in [-0.2, 0) is 14.1 Å². The van der Waals surface area contributed by atoms with Gasteiger partial charge in [-0.3, -0.25) is 9.59 Å². The normalized spacial score (nSPS) is 10.2. The van der Waals surface area contributed by atoms with Crippen LogP contribution in [0.2, 0.25) is 0 Å². The molecule has 0 saturated carbocycles. The third-order valence-electron chi connectivity index (χ3n) is 2.49. The predicted octanol–water partition coefficient (Wildman–Crippen LogP) is -2.45. The maximum absolute atomic E-state index is 11.1. The van der Waals surface area contributed by atoms with Crippen molar-refractivity contribution in [3.63, 3.8) is 0 Å². The van der Waals surface area contributed by atoms with Gasteiger partial charge in [0.15, 0.2) is 17.0 Å². The van der Waals surface area contributed by atoms with E-state index in [0.29, 0.717) is 11.2 Å². The van der Waals surface area contributed by atoms with E-state index in [0.717, 1.165) is 0 Å². The number of fused-ring (bicyclic) bond motifs is 1. The Balaban J connectivity index is 0.000000155. The molecule has 0 aromatic carbocycles. The molecule has 3 heterocycles. The van der Waals surface area contributed by atoms with E-state index < -0.39 is 5.91 Å². The molecule has 0 aliphatic rings. The summed E-state index contributed by atoms with van der Waals surface area (Å²) in [6.45, 7) is 0. The van der Waals surface area contributed by atoms with Gasteiger partial charge in [-0.15, -0.1) is 10.2 Å². The molecule has 5 N–H and O–H groups in total. The zero-order valence-electron chi connectivity index (χ0n) is 11.2. The molecule has 0 spiro atoms. The zero-order valence-corrected chi connectivity index (χ0v) is 11.2. The van der Waals surface area contributed by atoms with Crippen LogP contribution in [0.4, 0.5) is 5.82 Å². The Morgan fingerprint density at radius 2 is 1.90 bits per heavy atom. The van der Waals surface area contributed by atoms with E-state index in [4.69, 9.17) is 11.5 Å². The van der Waals surface area contributed by atoms with E-state index in [2.05, 4.69) is 30.6 Å². The minimum Gasteiger partial charge on any atom is -0.380 e. The Hall–Kier alpha value is -3.31. The fourth-order valence-corrected chi connectivity index (χ4v) is 1.56. The first-order valence-electron chi connectivity index (χ1n) is 5.59. The summed E-state index contributed by atoms with van der Waals surface area (Å²) < 4.78 is 2.62. The number of amides is 1. The monoisotopic (exact) mass is 292 g/mol. The maximum atomic E-state index is 11.1. The van der Waals surface area contributed by atoms with Crippen molar-refractivity contribution in [2.24, 2.45) is 19.8 Å². The van der Waals surface area contributed by atoms with Crippen LogP contribution < -0.4 is 17.0 Å². The second kappa shape index (κ2) is 5.36. The van der Waals surface area contributed by atoms with Crippen LogP contribution in [0.15, 0.2) is 11.1 Å². The molecular weight excluding hydrogens is 280 g/mol. The smallest absolute Gasteiger partial charge is 0.278 e. The van der Waals surface area contributed by atoms with Crippen molar-refractivity contribution in [3.05, 3.63) is 22.4 Å². The van der Waals surface area contributed by atoms with E-state index in [1.54, 1.807) is 14.1 Å². The van der Waals surface area contributed by atoms with Crippen LogP contribution in [0.25, 0.3) is 11.2 Å². The van der Waals surface area contributed by atoms with Crippen LogP contribution in [0.3, 0.4) is 0 Å². The summed E-state index contributed by atoms with van der Waals surface area (Å²) in [4.78, 5) is 27.9. The fourth-order valence-electron chi connectivity index (χ4n) is 1.56. The Labute approximate surface area is 116 Å². The highest BCUT2D eigenvalue weighted by Crippen LogP contribution is 2.02. The number of hydrogen-bond acceptors (Lipinski definition) is 8. The van der Waals surface area contributed by atoms with Crippen molar-refractivity contribution in [3.8, 4) is 0 Å². The summed E-state index contributed by atoms with van der Waals surface area (Å²) in [7, 11) is 3.19. The standard InChI is InChI=1S/C5H5N5O.C4H7N5O/c1-10-3-4(8-9-10)6-2-7-5(3)11;1-9-2(4(6)10)3(5)7-8-9/h2H,1H3,(H,6,7,11);5H2,1H3,(H2,6,10). The van der Waals surface area contributed by atoms with Crippen molar-refractivity contribution < 1.29 is 4.79 Å². The number of carbonyl (C=O) groups is 1. The van der Waals surface area contributed by atoms with Gasteiger partial charge in [-0.05, 0) is 0 Å². The lowest BCUT2D eigenvalue weighted by Gasteiger charge is -1.92. The minimum absolute atomic E-state index is 0.0648. The minimum atomic E-state index is -0.620. The van der Waals surface area contributed by atoms with Gasteiger partial charge in [0.2, 0.25) is 5.65 Å². The quantitative estimate of drug-likeness (QED) is 0.442. The molecule has 0 radical (unpaired) electrons. The van der Waals surface area contributed by atoms with Gasteiger partial charge < -0.3 is 16.5 Å². The van der Waals surface area contributed by atoms with Gasteiger partial charge in [0.25, 0.3) is 11.5 Å². The van der Waals surface area contributed by atoms with Crippen molar-refractivity contribution >= 4 is 22.9 Å². The predicted molar refractivity (Wildman–Crippen MR) is 70.9 cm³/mol. The number of H-pyrrole nitrogens is 1. The summed E-state index contributed by atoms with van der Waals surface area (Å²) >= 11 is 0. The molecule has 0 unspecified atom stereocenters. The number of nitrogens with two attached hydrogens (primary N) is 2.